The van der Waals surface area contributed by atoms with Crippen molar-refractivity contribution in [3.05, 3.63) is 47.5 Å². The summed E-state index contributed by atoms with van der Waals surface area (Å²) in [6.45, 7) is 5.36. The third kappa shape index (κ3) is 7.20. The summed E-state index contributed by atoms with van der Waals surface area (Å²) in [5, 5.41) is 8.47. The van der Waals surface area contributed by atoms with Crippen LogP contribution in [0.3, 0.4) is 0 Å². The first-order valence-corrected chi connectivity index (χ1v) is 11.9. The summed E-state index contributed by atoms with van der Waals surface area (Å²) in [5.41, 5.74) is -0.0217. The number of halogens is 3. The Morgan fingerprint density at radius 3 is 2.64 bits per heavy atom. The van der Waals surface area contributed by atoms with Gasteiger partial charge >= 0.3 is 0 Å². The summed E-state index contributed by atoms with van der Waals surface area (Å²) in [4.78, 5) is 23.3. The van der Waals surface area contributed by atoms with Crippen molar-refractivity contribution in [2.24, 2.45) is 11.0 Å². The number of hydrogen-bond acceptors (Lipinski definition) is 6. The lowest BCUT2D eigenvalue weighted by Crippen LogP contribution is -2.44. The maximum Gasteiger partial charge on any atom is 0.273 e. The molecule has 1 heterocycles. The maximum atomic E-state index is 14.9. The summed E-state index contributed by atoms with van der Waals surface area (Å²) in [7, 11) is 1.57. The van der Waals surface area contributed by atoms with E-state index in [9.17, 15) is 18.0 Å². The van der Waals surface area contributed by atoms with Crippen molar-refractivity contribution in [2.45, 2.75) is 52.0 Å². The summed E-state index contributed by atoms with van der Waals surface area (Å²) >= 11 is 0. The van der Waals surface area contributed by atoms with Crippen LogP contribution in [0.5, 0.6) is 0 Å². The van der Waals surface area contributed by atoms with Gasteiger partial charge in [-0.1, -0.05) is 24.8 Å². The fourth-order valence-corrected chi connectivity index (χ4v) is 3.53. The Kier molecular flexibility index (Phi) is 8.91. The highest BCUT2D eigenvalue weighted by molar-refractivity contribution is 6.00. The molecule has 7 nitrogen and oxygen atoms in total. The Hall–Kier alpha value is -3.61. The zero-order valence-electron chi connectivity index (χ0n) is 20.9. The maximum absolute atomic E-state index is 14.9. The molecule has 10 heteroatoms. The fourth-order valence-electron chi connectivity index (χ4n) is 3.53. The molecule has 1 aromatic heterocycles. The molecule has 1 atom stereocenters. The molecule has 0 spiro atoms. The third-order valence-electron chi connectivity index (χ3n) is 5.77. The third-order valence-corrected chi connectivity index (χ3v) is 5.77. The highest BCUT2D eigenvalue weighted by Gasteiger charge is 2.32. The van der Waals surface area contributed by atoms with Gasteiger partial charge in [0.2, 0.25) is 5.95 Å². The van der Waals surface area contributed by atoms with Crippen LogP contribution in [0, 0.1) is 23.6 Å². The predicted octanol–water partition coefficient (Wildman–Crippen LogP) is 4.92. The number of aromatic nitrogens is 2. The number of nitrogens with zero attached hydrogens (tertiary/aromatic N) is 5. The predicted molar refractivity (Wildman–Crippen MR) is 135 cm³/mol. The molecule has 0 bridgehead atoms. The first kappa shape index (κ1) is 27.0. The van der Waals surface area contributed by atoms with Crippen molar-refractivity contribution in [1.82, 2.24) is 14.9 Å². The van der Waals surface area contributed by atoms with E-state index in [0.717, 1.165) is 32.2 Å². The summed E-state index contributed by atoms with van der Waals surface area (Å²) in [6.07, 6.45) is 6.24. The minimum atomic E-state index is -3.03. The number of alkyl halides is 2. The van der Waals surface area contributed by atoms with E-state index in [1.54, 1.807) is 18.0 Å². The molecular formula is C26H31F3N6O. The van der Waals surface area contributed by atoms with Crippen LogP contribution in [0.1, 0.15) is 56.0 Å². The number of hydrazone groups is 1. The van der Waals surface area contributed by atoms with E-state index in [4.69, 9.17) is 0 Å². The summed E-state index contributed by atoms with van der Waals surface area (Å²) < 4.78 is 41.7. The van der Waals surface area contributed by atoms with Gasteiger partial charge in [-0.15, -0.1) is 0 Å². The molecule has 1 aliphatic carbocycles. The lowest BCUT2D eigenvalue weighted by Gasteiger charge is -2.31. The second-order valence-electron chi connectivity index (χ2n) is 8.89. The number of hydrogen-bond donors (Lipinski definition) is 1. The van der Waals surface area contributed by atoms with E-state index in [1.165, 1.54) is 23.4 Å². The highest BCUT2D eigenvalue weighted by Crippen LogP contribution is 2.32. The standard InChI is InChI=1S/C26H31F3N6O/c1-5-6-7-13-33-34(4)23-21(9-8-10-22(23)27)24(36)35(17-19-11-12-19)18(2)14-30-25-31-15-20(16-32-25)26(3,28)29/h8-10,13,15-16,18-19H,5,11-12,14,17H2,1-4H3,(H,30,31,32)/b33-13-/t18-/m0/s1. The van der Waals surface area contributed by atoms with Crippen molar-refractivity contribution < 1.29 is 18.0 Å². The van der Waals surface area contributed by atoms with Crippen molar-refractivity contribution in [3.8, 4) is 11.8 Å². The molecule has 1 amide bonds. The Bertz CT molecular complexity index is 1130. The molecule has 1 fully saturated rings. The molecule has 0 aliphatic heterocycles. The molecule has 1 aliphatic rings. The lowest BCUT2D eigenvalue weighted by molar-refractivity contribution is 0.0167. The number of benzene rings is 1. The van der Waals surface area contributed by atoms with Crippen LogP contribution < -0.4 is 10.3 Å². The first-order chi connectivity index (χ1) is 17.1. The van der Waals surface area contributed by atoms with Crippen molar-refractivity contribution in [2.75, 3.05) is 30.5 Å². The zero-order chi connectivity index (χ0) is 26.3. The summed E-state index contributed by atoms with van der Waals surface area (Å²) in [6, 6.07) is 4.05. The number of rotatable bonds is 10. The average Bonchev–Trinajstić information content (AvgIpc) is 3.67. The van der Waals surface area contributed by atoms with Crippen molar-refractivity contribution in [3.63, 3.8) is 0 Å². The monoisotopic (exact) mass is 500 g/mol. The van der Waals surface area contributed by atoms with Gasteiger partial charge in [-0.05, 0) is 37.8 Å². The Morgan fingerprint density at radius 2 is 2.03 bits per heavy atom. The SMILES string of the molecule is CCC#C/C=N\N(C)c1c(F)cccc1C(=O)N(CC1CC1)[C@@H](C)CNc1ncc(C(C)(F)F)cn1. The number of anilines is 2. The Labute approximate surface area is 209 Å². The normalized spacial score (nSPS) is 14.2. The molecule has 3 rings (SSSR count). The van der Waals surface area contributed by atoms with Gasteiger partial charge in [0, 0.05) is 51.9 Å². The zero-order valence-corrected chi connectivity index (χ0v) is 20.9. The first-order valence-electron chi connectivity index (χ1n) is 11.9. The van der Waals surface area contributed by atoms with Gasteiger partial charge in [0.25, 0.3) is 11.8 Å². The smallest absolute Gasteiger partial charge is 0.273 e. The topological polar surface area (TPSA) is 73.7 Å². The van der Waals surface area contributed by atoms with E-state index in [0.29, 0.717) is 18.9 Å². The van der Waals surface area contributed by atoms with E-state index < -0.39 is 11.7 Å². The second-order valence-corrected chi connectivity index (χ2v) is 8.89. The van der Waals surface area contributed by atoms with Crippen LogP contribution in [0.2, 0.25) is 0 Å². The molecule has 192 valence electrons. The van der Waals surface area contributed by atoms with Crippen molar-refractivity contribution in [1.29, 1.82) is 0 Å². The van der Waals surface area contributed by atoms with Crippen LogP contribution in [-0.2, 0) is 5.92 Å². The molecule has 0 saturated heterocycles. The van der Waals surface area contributed by atoms with Crippen molar-refractivity contribution >= 4 is 23.8 Å². The van der Waals surface area contributed by atoms with E-state index in [1.807, 2.05) is 13.8 Å². The van der Waals surface area contributed by atoms with Crippen LogP contribution in [0.4, 0.5) is 24.8 Å². The van der Waals surface area contributed by atoms with E-state index in [-0.39, 0.29) is 41.3 Å². The number of carbonyl (C=O) groups is 1. The average molecular weight is 501 g/mol. The van der Waals surface area contributed by atoms with Gasteiger partial charge in [0.15, 0.2) is 0 Å². The van der Waals surface area contributed by atoms with Gasteiger partial charge in [0.05, 0.1) is 17.3 Å². The largest absolute Gasteiger partial charge is 0.352 e. The van der Waals surface area contributed by atoms with E-state index >= 15 is 0 Å². The number of nitrogens with one attached hydrogen (secondary N) is 1. The molecule has 1 aromatic carbocycles. The molecule has 1 N–H and O–H groups in total. The van der Waals surface area contributed by atoms with Crippen LogP contribution in [0.25, 0.3) is 0 Å². The van der Waals surface area contributed by atoms with Crippen LogP contribution >= 0.6 is 0 Å². The fraction of sp³-hybridized carbons (Fsp3) is 0.462. The minimum absolute atomic E-state index is 0.0671. The molecule has 0 radical (unpaired) electrons. The molecule has 2 aromatic rings. The second kappa shape index (κ2) is 11.9. The van der Waals surface area contributed by atoms with Gasteiger partial charge < -0.3 is 10.2 Å². The molecule has 36 heavy (non-hydrogen) atoms. The number of para-hydroxylation sites is 1. The van der Waals surface area contributed by atoms with Crippen LogP contribution in [0.15, 0.2) is 35.7 Å². The molecular weight excluding hydrogens is 469 g/mol. The minimum Gasteiger partial charge on any atom is -0.352 e. The molecule has 1 saturated carbocycles. The number of amides is 1. The Morgan fingerprint density at radius 1 is 1.33 bits per heavy atom. The van der Waals surface area contributed by atoms with E-state index in [2.05, 4.69) is 32.2 Å². The van der Waals surface area contributed by atoms with Gasteiger partial charge in [-0.3, -0.25) is 9.80 Å². The molecule has 0 unspecified atom stereocenters. The van der Waals surface area contributed by atoms with Gasteiger partial charge in [0.1, 0.15) is 11.5 Å². The van der Waals surface area contributed by atoms with Gasteiger partial charge in [-0.25, -0.2) is 23.1 Å². The highest BCUT2D eigenvalue weighted by atomic mass is 19.3. The van der Waals surface area contributed by atoms with Crippen LogP contribution in [-0.4, -0.2) is 53.2 Å². The van der Waals surface area contributed by atoms with Gasteiger partial charge in [-0.2, -0.15) is 5.10 Å². The number of carbonyl (C=O) groups excluding carboxylic acids is 1. The quantitative estimate of drug-likeness (QED) is 0.285. The summed E-state index contributed by atoms with van der Waals surface area (Å²) in [5.74, 6) is 2.27. The lowest BCUT2D eigenvalue weighted by atomic mass is 10.1. The Balaban J connectivity index is 1.79.